The molecule has 0 bridgehead atoms. The van der Waals surface area contributed by atoms with Crippen molar-refractivity contribution in [3.05, 3.63) is 23.8 Å². The van der Waals surface area contributed by atoms with Gasteiger partial charge in [0.1, 0.15) is 0 Å². The summed E-state index contributed by atoms with van der Waals surface area (Å²) in [5.74, 6) is 5.96. The molecule has 0 fully saturated rings. The smallest absolute Gasteiger partial charge is 0.390 e. The summed E-state index contributed by atoms with van der Waals surface area (Å²) in [6, 6.07) is 3.49. The Morgan fingerprint density at radius 3 is 2.28 bits per heavy atom. The summed E-state index contributed by atoms with van der Waals surface area (Å²) in [5.41, 5.74) is 2.53. The van der Waals surface area contributed by atoms with Crippen molar-refractivity contribution in [1.82, 2.24) is 5.43 Å². The van der Waals surface area contributed by atoms with E-state index in [1.54, 1.807) is 0 Å². The highest BCUT2D eigenvalue weighted by Gasteiger charge is 2.32. The number of nitrogens with two attached hydrogens (primary N) is 1. The van der Waals surface area contributed by atoms with Gasteiger partial charge in [0.25, 0.3) is 0 Å². The normalized spacial score (nSPS) is 13.2. The highest BCUT2D eigenvalue weighted by molar-refractivity contribution is 5.43. The van der Waals surface area contributed by atoms with Crippen molar-refractivity contribution in [1.29, 1.82) is 0 Å². The van der Waals surface area contributed by atoms with E-state index >= 15 is 0 Å². The van der Waals surface area contributed by atoms with E-state index in [4.69, 9.17) is 15.3 Å². The summed E-state index contributed by atoms with van der Waals surface area (Å²) in [5, 5.41) is 0. The van der Waals surface area contributed by atoms with Gasteiger partial charge in [0.2, 0.25) is 0 Å². The number of rotatable bonds is 5. The third-order valence-electron chi connectivity index (χ3n) is 2.45. The number of hydrogen-bond donors (Lipinski definition) is 2. The molecule has 0 aliphatic rings. The average molecular weight is 264 g/mol. The summed E-state index contributed by atoms with van der Waals surface area (Å²) < 4.78 is 47.1. The molecule has 0 saturated carbocycles. The maximum Gasteiger partial charge on any atom is 0.390 e. The van der Waals surface area contributed by atoms with Crippen molar-refractivity contribution in [2.75, 3.05) is 14.2 Å². The van der Waals surface area contributed by atoms with E-state index in [1.165, 1.54) is 32.4 Å². The Labute approximate surface area is 103 Å². The van der Waals surface area contributed by atoms with Crippen LogP contribution in [0.25, 0.3) is 0 Å². The second-order valence-corrected chi connectivity index (χ2v) is 3.65. The van der Waals surface area contributed by atoms with Gasteiger partial charge in [0.05, 0.1) is 26.7 Å². The monoisotopic (exact) mass is 264 g/mol. The van der Waals surface area contributed by atoms with E-state index in [0.29, 0.717) is 17.1 Å². The largest absolute Gasteiger partial charge is 0.493 e. The van der Waals surface area contributed by atoms with Crippen molar-refractivity contribution in [2.24, 2.45) is 5.84 Å². The third kappa shape index (κ3) is 3.78. The van der Waals surface area contributed by atoms with Crippen LogP contribution in [-0.2, 0) is 0 Å². The molecule has 1 unspecified atom stereocenters. The highest BCUT2D eigenvalue weighted by atomic mass is 19.4. The molecule has 0 amide bonds. The van der Waals surface area contributed by atoms with E-state index in [9.17, 15) is 13.2 Å². The van der Waals surface area contributed by atoms with Crippen molar-refractivity contribution in [3.8, 4) is 11.5 Å². The summed E-state index contributed by atoms with van der Waals surface area (Å²) in [7, 11) is 2.86. The van der Waals surface area contributed by atoms with E-state index < -0.39 is 18.6 Å². The third-order valence-corrected chi connectivity index (χ3v) is 2.45. The Kier molecular flexibility index (Phi) is 4.80. The van der Waals surface area contributed by atoms with Crippen LogP contribution in [0.4, 0.5) is 13.2 Å². The molecule has 1 aromatic rings. The van der Waals surface area contributed by atoms with Crippen molar-refractivity contribution < 1.29 is 22.6 Å². The molecule has 0 aromatic heterocycles. The van der Waals surface area contributed by atoms with Crippen LogP contribution < -0.4 is 20.7 Å². The lowest BCUT2D eigenvalue weighted by Gasteiger charge is -2.19. The first kappa shape index (κ1) is 14.6. The van der Waals surface area contributed by atoms with Gasteiger partial charge < -0.3 is 9.47 Å². The van der Waals surface area contributed by atoms with Crippen LogP contribution in [-0.4, -0.2) is 20.4 Å². The summed E-state index contributed by atoms with van der Waals surface area (Å²) in [6.45, 7) is 0. The van der Waals surface area contributed by atoms with E-state index in [2.05, 4.69) is 5.43 Å². The fraction of sp³-hybridized carbons (Fsp3) is 0.455. The fourth-order valence-electron chi connectivity index (χ4n) is 1.57. The van der Waals surface area contributed by atoms with Gasteiger partial charge in [-0.3, -0.25) is 11.3 Å². The molecular formula is C11H15F3N2O2. The topological polar surface area (TPSA) is 56.5 Å². The van der Waals surface area contributed by atoms with Crippen LogP contribution >= 0.6 is 0 Å². The molecule has 0 heterocycles. The van der Waals surface area contributed by atoms with Crippen LogP contribution in [0.5, 0.6) is 11.5 Å². The van der Waals surface area contributed by atoms with Gasteiger partial charge >= 0.3 is 6.18 Å². The van der Waals surface area contributed by atoms with Gasteiger partial charge in [-0.05, 0) is 17.7 Å². The molecular weight excluding hydrogens is 249 g/mol. The molecule has 18 heavy (non-hydrogen) atoms. The highest BCUT2D eigenvalue weighted by Crippen LogP contribution is 2.34. The first-order chi connectivity index (χ1) is 8.41. The molecule has 102 valence electrons. The molecule has 7 heteroatoms. The van der Waals surface area contributed by atoms with E-state index in [1.807, 2.05) is 0 Å². The summed E-state index contributed by atoms with van der Waals surface area (Å²) in [6.07, 6.45) is -5.36. The molecule has 1 rings (SSSR count). The average Bonchev–Trinajstić information content (AvgIpc) is 2.34. The predicted molar refractivity (Wildman–Crippen MR) is 60.3 cm³/mol. The Morgan fingerprint density at radius 1 is 1.22 bits per heavy atom. The van der Waals surface area contributed by atoms with Crippen molar-refractivity contribution in [3.63, 3.8) is 0 Å². The zero-order valence-corrected chi connectivity index (χ0v) is 10.0. The Morgan fingerprint density at radius 2 is 1.83 bits per heavy atom. The minimum Gasteiger partial charge on any atom is -0.493 e. The van der Waals surface area contributed by atoms with Crippen molar-refractivity contribution >= 4 is 0 Å². The Bertz CT molecular complexity index is 396. The Hall–Kier alpha value is -1.47. The number of methoxy groups -OCH3 is 2. The van der Waals surface area contributed by atoms with Gasteiger partial charge in [-0.15, -0.1) is 0 Å². The summed E-state index contributed by atoms with van der Waals surface area (Å²) >= 11 is 0. The lowest BCUT2D eigenvalue weighted by molar-refractivity contribution is -0.140. The SMILES string of the molecule is COc1ccc(C(CC(F)(F)F)NN)cc1OC. The number of alkyl halides is 3. The van der Waals surface area contributed by atoms with Crippen LogP contribution in [0.1, 0.15) is 18.0 Å². The van der Waals surface area contributed by atoms with Gasteiger partial charge in [-0.25, -0.2) is 0 Å². The predicted octanol–water partition coefficient (Wildman–Crippen LogP) is 2.16. The lowest BCUT2D eigenvalue weighted by Crippen LogP contribution is -2.31. The first-order valence-corrected chi connectivity index (χ1v) is 5.16. The maximum absolute atomic E-state index is 12.4. The number of halogens is 3. The van der Waals surface area contributed by atoms with Gasteiger partial charge in [0.15, 0.2) is 11.5 Å². The van der Waals surface area contributed by atoms with Crippen LogP contribution in [0.15, 0.2) is 18.2 Å². The van der Waals surface area contributed by atoms with Gasteiger partial charge in [-0.1, -0.05) is 6.07 Å². The molecule has 4 nitrogen and oxygen atoms in total. The number of nitrogens with one attached hydrogen (secondary N) is 1. The standard InChI is InChI=1S/C11H15F3N2O2/c1-17-9-4-3-7(5-10(9)18-2)8(16-15)6-11(12,13)14/h3-5,8,16H,6,15H2,1-2H3. The first-order valence-electron chi connectivity index (χ1n) is 5.16. The number of benzene rings is 1. The zero-order chi connectivity index (χ0) is 13.8. The van der Waals surface area contributed by atoms with Crippen LogP contribution in [0.2, 0.25) is 0 Å². The number of hydrazine groups is 1. The second-order valence-electron chi connectivity index (χ2n) is 3.65. The summed E-state index contributed by atoms with van der Waals surface area (Å²) in [4.78, 5) is 0. The number of ether oxygens (including phenoxy) is 2. The molecule has 1 atom stereocenters. The molecule has 0 aliphatic heterocycles. The van der Waals surface area contributed by atoms with Gasteiger partial charge in [0, 0.05) is 0 Å². The number of hydrogen-bond acceptors (Lipinski definition) is 4. The van der Waals surface area contributed by atoms with Gasteiger partial charge in [-0.2, -0.15) is 13.2 Å². The van der Waals surface area contributed by atoms with Crippen LogP contribution in [0.3, 0.4) is 0 Å². The zero-order valence-electron chi connectivity index (χ0n) is 10.0. The fourth-order valence-corrected chi connectivity index (χ4v) is 1.57. The van der Waals surface area contributed by atoms with E-state index in [0.717, 1.165) is 0 Å². The molecule has 3 N–H and O–H groups in total. The minimum atomic E-state index is -4.30. The van der Waals surface area contributed by atoms with Crippen LogP contribution in [0, 0.1) is 0 Å². The molecule has 0 radical (unpaired) electrons. The lowest BCUT2D eigenvalue weighted by atomic mass is 10.0. The second kappa shape index (κ2) is 5.92. The minimum absolute atomic E-state index is 0.359. The Balaban J connectivity index is 3.00. The maximum atomic E-state index is 12.4. The molecule has 0 aliphatic carbocycles. The molecule has 0 spiro atoms. The quantitative estimate of drug-likeness (QED) is 0.632. The van der Waals surface area contributed by atoms with Crippen molar-refractivity contribution in [2.45, 2.75) is 18.6 Å². The molecule has 0 saturated heterocycles. The molecule has 1 aromatic carbocycles. The van der Waals surface area contributed by atoms with E-state index in [-0.39, 0.29) is 0 Å².